The number of rotatable bonds is 5. The Morgan fingerprint density at radius 3 is 2.85 bits per heavy atom. The Hall–Kier alpha value is -1.12. The summed E-state index contributed by atoms with van der Waals surface area (Å²) >= 11 is 0. The van der Waals surface area contributed by atoms with Crippen LogP contribution in [-0.2, 0) is 0 Å². The van der Waals surface area contributed by atoms with E-state index in [1.807, 2.05) is 0 Å². The molecule has 0 aliphatic heterocycles. The summed E-state index contributed by atoms with van der Waals surface area (Å²) in [4.78, 5) is 3.49. The lowest BCUT2D eigenvalue weighted by Crippen LogP contribution is -1.97. The van der Waals surface area contributed by atoms with Gasteiger partial charge in [-0.15, -0.1) is 0 Å². The Kier molecular flexibility index (Phi) is 4.23. The van der Waals surface area contributed by atoms with Crippen molar-refractivity contribution in [1.82, 2.24) is 4.98 Å². The van der Waals surface area contributed by atoms with E-state index in [2.05, 4.69) is 11.9 Å². The third-order valence-electron chi connectivity index (χ3n) is 1.72. The number of nitrogens with zero attached hydrogens (tertiary/aromatic N) is 1. The summed E-state index contributed by atoms with van der Waals surface area (Å²) < 4.78 is 17.7. The second kappa shape index (κ2) is 5.51. The molecule has 1 aromatic heterocycles. The summed E-state index contributed by atoms with van der Waals surface area (Å²) in [5.74, 6) is 0.165. The molecular formula is C10H14FNO. The number of aromatic nitrogens is 1. The molecule has 0 aromatic carbocycles. The molecule has 0 radical (unpaired) electrons. The van der Waals surface area contributed by atoms with E-state index in [1.165, 1.54) is 18.7 Å². The van der Waals surface area contributed by atoms with Crippen molar-refractivity contribution in [3.05, 3.63) is 24.3 Å². The van der Waals surface area contributed by atoms with Crippen LogP contribution in [0.3, 0.4) is 0 Å². The Morgan fingerprint density at radius 2 is 2.23 bits per heavy atom. The predicted molar refractivity (Wildman–Crippen MR) is 49.2 cm³/mol. The highest BCUT2D eigenvalue weighted by atomic mass is 19.1. The van der Waals surface area contributed by atoms with E-state index in [0.29, 0.717) is 12.4 Å². The van der Waals surface area contributed by atoms with Crippen LogP contribution in [0.15, 0.2) is 18.3 Å². The number of halogens is 1. The Labute approximate surface area is 77.8 Å². The minimum atomic E-state index is -0.471. The van der Waals surface area contributed by atoms with Crippen molar-refractivity contribution in [3.8, 4) is 5.75 Å². The SMILES string of the molecule is CCCCCOc1ccc(F)nc1. The monoisotopic (exact) mass is 183 g/mol. The van der Waals surface area contributed by atoms with E-state index < -0.39 is 5.95 Å². The first-order chi connectivity index (χ1) is 6.33. The molecule has 0 saturated heterocycles. The summed E-state index contributed by atoms with van der Waals surface area (Å²) in [7, 11) is 0. The van der Waals surface area contributed by atoms with Crippen molar-refractivity contribution < 1.29 is 9.13 Å². The van der Waals surface area contributed by atoms with Crippen molar-refractivity contribution in [3.63, 3.8) is 0 Å². The maximum Gasteiger partial charge on any atom is 0.213 e. The molecule has 1 rings (SSSR count). The lowest BCUT2D eigenvalue weighted by atomic mass is 10.3. The molecule has 0 bridgehead atoms. The van der Waals surface area contributed by atoms with Crippen LogP contribution in [-0.4, -0.2) is 11.6 Å². The van der Waals surface area contributed by atoms with Crippen molar-refractivity contribution in [2.24, 2.45) is 0 Å². The van der Waals surface area contributed by atoms with E-state index in [-0.39, 0.29) is 0 Å². The molecule has 0 fully saturated rings. The van der Waals surface area contributed by atoms with Gasteiger partial charge in [0.1, 0.15) is 5.75 Å². The van der Waals surface area contributed by atoms with Gasteiger partial charge < -0.3 is 4.74 Å². The molecule has 1 heterocycles. The quantitative estimate of drug-likeness (QED) is 0.517. The predicted octanol–water partition coefficient (Wildman–Crippen LogP) is 2.79. The highest BCUT2D eigenvalue weighted by Gasteiger charge is 1.94. The second-order valence-corrected chi connectivity index (χ2v) is 2.87. The van der Waals surface area contributed by atoms with Gasteiger partial charge in [0.15, 0.2) is 0 Å². The highest BCUT2D eigenvalue weighted by Crippen LogP contribution is 2.08. The molecule has 0 amide bonds. The zero-order chi connectivity index (χ0) is 9.52. The van der Waals surface area contributed by atoms with E-state index in [1.54, 1.807) is 6.07 Å². The Bertz CT molecular complexity index is 235. The van der Waals surface area contributed by atoms with E-state index in [9.17, 15) is 4.39 Å². The van der Waals surface area contributed by atoms with Crippen LogP contribution in [0.1, 0.15) is 26.2 Å². The van der Waals surface area contributed by atoms with E-state index in [4.69, 9.17) is 4.74 Å². The fraction of sp³-hybridized carbons (Fsp3) is 0.500. The van der Waals surface area contributed by atoms with Gasteiger partial charge in [-0.05, 0) is 18.6 Å². The van der Waals surface area contributed by atoms with Gasteiger partial charge in [0, 0.05) is 0 Å². The van der Waals surface area contributed by atoms with Crippen LogP contribution >= 0.6 is 0 Å². The van der Waals surface area contributed by atoms with Crippen molar-refractivity contribution in [2.75, 3.05) is 6.61 Å². The average Bonchev–Trinajstić information content (AvgIpc) is 2.15. The smallest absolute Gasteiger partial charge is 0.213 e. The van der Waals surface area contributed by atoms with Crippen LogP contribution in [0.5, 0.6) is 5.75 Å². The Morgan fingerprint density at radius 1 is 1.38 bits per heavy atom. The summed E-state index contributed by atoms with van der Waals surface area (Å²) in [6, 6.07) is 2.89. The maximum atomic E-state index is 12.4. The third-order valence-corrected chi connectivity index (χ3v) is 1.72. The molecule has 0 aliphatic rings. The lowest BCUT2D eigenvalue weighted by Gasteiger charge is -2.03. The van der Waals surface area contributed by atoms with Gasteiger partial charge in [-0.1, -0.05) is 19.8 Å². The minimum absolute atomic E-state index is 0.471. The second-order valence-electron chi connectivity index (χ2n) is 2.87. The number of hydrogen-bond donors (Lipinski definition) is 0. The number of unbranched alkanes of at least 4 members (excludes halogenated alkanes) is 2. The molecule has 0 N–H and O–H groups in total. The van der Waals surface area contributed by atoms with Gasteiger partial charge >= 0.3 is 0 Å². The van der Waals surface area contributed by atoms with E-state index in [0.717, 1.165) is 12.8 Å². The summed E-state index contributed by atoms with van der Waals surface area (Å²) in [6.45, 7) is 2.82. The van der Waals surface area contributed by atoms with Crippen LogP contribution in [0, 0.1) is 5.95 Å². The third kappa shape index (κ3) is 3.87. The van der Waals surface area contributed by atoms with Crippen LogP contribution in [0.2, 0.25) is 0 Å². The fourth-order valence-electron chi connectivity index (χ4n) is 0.990. The molecule has 0 unspecified atom stereocenters. The van der Waals surface area contributed by atoms with Gasteiger partial charge in [-0.25, -0.2) is 4.98 Å². The molecule has 0 aliphatic carbocycles. The normalized spacial score (nSPS) is 10.0. The molecular weight excluding hydrogens is 169 g/mol. The average molecular weight is 183 g/mol. The summed E-state index contributed by atoms with van der Waals surface area (Å²) in [5.41, 5.74) is 0. The minimum Gasteiger partial charge on any atom is -0.492 e. The van der Waals surface area contributed by atoms with Gasteiger partial charge in [0.05, 0.1) is 12.8 Å². The molecule has 3 heteroatoms. The number of ether oxygens (including phenoxy) is 1. The molecule has 0 spiro atoms. The van der Waals surface area contributed by atoms with Gasteiger partial charge in [-0.3, -0.25) is 0 Å². The molecule has 13 heavy (non-hydrogen) atoms. The first-order valence-corrected chi connectivity index (χ1v) is 4.57. The molecule has 1 aromatic rings. The molecule has 2 nitrogen and oxygen atoms in total. The van der Waals surface area contributed by atoms with Crippen LogP contribution < -0.4 is 4.74 Å². The van der Waals surface area contributed by atoms with Crippen molar-refractivity contribution >= 4 is 0 Å². The van der Waals surface area contributed by atoms with Crippen molar-refractivity contribution in [2.45, 2.75) is 26.2 Å². The topological polar surface area (TPSA) is 22.1 Å². The number of hydrogen-bond acceptors (Lipinski definition) is 2. The van der Waals surface area contributed by atoms with Crippen LogP contribution in [0.25, 0.3) is 0 Å². The summed E-state index contributed by atoms with van der Waals surface area (Å²) in [6.07, 6.45) is 4.77. The first kappa shape index (κ1) is 9.96. The Balaban J connectivity index is 2.25. The molecule has 0 atom stereocenters. The maximum absolute atomic E-state index is 12.4. The number of pyridine rings is 1. The first-order valence-electron chi connectivity index (χ1n) is 4.57. The fourth-order valence-corrected chi connectivity index (χ4v) is 0.990. The van der Waals surface area contributed by atoms with Gasteiger partial charge in [-0.2, -0.15) is 4.39 Å². The van der Waals surface area contributed by atoms with E-state index >= 15 is 0 Å². The summed E-state index contributed by atoms with van der Waals surface area (Å²) in [5, 5.41) is 0. The van der Waals surface area contributed by atoms with Crippen LogP contribution in [0.4, 0.5) is 4.39 Å². The standard InChI is InChI=1S/C10H14FNO/c1-2-3-4-7-13-9-5-6-10(11)12-8-9/h5-6,8H,2-4,7H2,1H3. The van der Waals surface area contributed by atoms with Crippen molar-refractivity contribution in [1.29, 1.82) is 0 Å². The van der Waals surface area contributed by atoms with Gasteiger partial charge in [0.25, 0.3) is 0 Å². The molecule has 0 saturated carbocycles. The highest BCUT2D eigenvalue weighted by molar-refractivity contribution is 5.15. The largest absolute Gasteiger partial charge is 0.492 e. The zero-order valence-electron chi connectivity index (χ0n) is 7.79. The molecule has 72 valence electrons. The lowest BCUT2D eigenvalue weighted by molar-refractivity contribution is 0.304. The van der Waals surface area contributed by atoms with Gasteiger partial charge in [0.2, 0.25) is 5.95 Å². The zero-order valence-corrected chi connectivity index (χ0v) is 7.79.